The van der Waals surface area contributed by atoms with E-state index in [9.17, 15) is 0 Å². The largest absolute Gasteiger partial charge is 0.339 e. The van der Waals surface area contributed by atoms with Crippen LogP contribution in [0, 0.1) is 0 Å². The maximum atomic E-state index is 5.47. The standard InChI is InChI=1S/C17H21N3O/c1-2-5-13(6-3-1)17(10-4-11-17)16-19-15(21-20-16)9-12-18-14-7-8-14/h1-3,5-6,14,18H,4,7-12H2. The number of nitrogens with one attached hydrogen (secondary N) is 1. The first kappa shape index (κ1) is 13.0. The van der Waals surface area contributed by atoms with Crippen LogP contribution < -0.4 is 5.32 Å². The molecule has 0 radical (unpaired) electrons. The summed E-state index contributed by atoms with van der Waals surface area (Å²) in [4.78, 5) is 4.68. The Labute approximate surface area is 124 Å². The predicted molar refractivity (Wildman–Crippen MR) is 80.1 cm³/mol. The van der Waals surface area contributed by atoms with Crippen LogP contribution in [0.3, 0.4) is 0 Å². The number of nitrogens with zero attached hydrogens (tertiary/aromatic N) is 2. The van der Waals surface area contributed by atoms with Crippen molar-refractivity contribution in [3.63, 3.8) is 0 Å². The summed E-state index contributed by atoms with van der Waals surface area (Å²) in [5.41, 5.74) is 1.31. The Kier molecular flexibility index (Phi) is 3.26. The number of hydrogen-bond acceptors (Lipinski definition) is 4. The molecule has 4 rings (SSSR count). The van der Waals surface area contributed by atoms with E-state index in [1.807, 2.05) is 0 Å². The van der Waals surface area contributed by atoms with Crippen molar-refractivity contribution in [1.29, 1.82) is 0 Å². The van der Waals surface area contributed by atoms with Crippen LogP contribution in [0.25, 0.3) is 0 Å². The highest BCUT2D eigenvalue weighted by Gasteiger charge is 2.44. The first-order valence-electron chi connectivity index (χ1n) is 7.99. The summed E-state index contributed by atoms with van der Waals surface area (Å²) in [6.07, 6.45) is 6.93. The molecule has 0 unspecified atom stereocenters. The Morgan fingerprint density at radius 3 is 2.67 bits per heavy atom. The molecule has 4 nitrogen and oxygen atoms in total. The molecule has 2 saturated carbocycles. The normalized spacial score (nSPS) is 20.2. The lowest BCUT2D eigenvalue weighted by molar-refractivity contribution is 0.271. The lowest BCUT2D eigenvalue weighted by Crippen LogP contribution is -2.36. The lowest BCUT2D eigenvalue weighted by Gasteiger charge is -2.39. The van der Waals surface area contributed by atoms with Gasteiger partial charge in [-0.05, 0) is 31.2 Å². The Morgan fingerprint density at radius 2 is 2.00 bits per heavy atom. The highest BCUT2D eigenvalue weighted by Crippen LogP contribution is 2.47. The van der Waals surface area contributed by atoms with Gasteiger partial charge in [-0.2, -0.15) is 4.98 Å². The quantitative estimate of drug-likeness (QED) is 0.885. The van der Waals surface area contributed by atoms with Crippen LogP contribution in [0.4, 0.5) is 0 Å². The monoisotopic (exact) mass is 283 g/mol. The van der Waals surface area contributed by atoms with Crippen molar-refractivity contribution in [2.75, 3.05) is 6.54 Å². The molecule has 21 heavy (non-hydrogen) atoms. The summed E-state index contributed by atoms with van der Waals surface area (Å²) in [6, 6.07) is 11.3. The molecule has 0 amide bonds. The molecule has 0 bridgehead atoms. The molecule has 1 heterocycles. The summed E-state index contributed by atoms with van der Waals surface area (Å²) in [5.74, 6) is 1.64. The van der Waals surface area contributed by atoms with E-state index in [-0.39, 0.29) is 5.41 Å². The van der Waals surface area contributed by atoms with Gasteiger partial charge in [-0.15, -0.1) is 0 Å². The second-order valence-corrected chi connectivity index (χ2v) is 6.29. The van der Waals surface area contributed by atoms with Crippen molar-refractivity contribution >= 4 is 0 Å². The minimum Gasteiger partial charge on any atom is -0.339 e. The van der Waals surface area contributed by atoms with Crippen LogP contribution in [0.1, 0.15) is 49.4 Å². The van der Waals surface area contributed by atoms with Crippen LogP contribution in [-0.4, -0.2) is 22.7 Å². The molecule has 0 saturated heterocycles. The minimum atomic E-state index is -0.00701. The average Bonchev–Trinajstić information content (AvgIpc) is 3.17. The minimum absolute atomic E-state index is 0.00701. The number of rotatable bonds is 6. The van der Waals surface area contributed by atoms with Crippen LogP contribution in [-0.2, 0) is 11.8 Å². The zero-order valence-electron chi connectivity index (χ0n) is 12.2. The Morgan fingerprint density at radius 1 is 1.19 bits per heavy atom. The van der Waals surface area contributed by atoms with E-state index in [1.165, 1.54) is 24.8 Å². The van der Waals surface area contributed by atoms with Crippen molar-refractivity contribution in [2.24, 2.45) is 0 Å². The molecule has 0 aliphatic heterocycles. The highest BCUT2D eigenvalue weighted by atomic mass is 16.5. The van der Waals surface area contributed by atoms with Crippen LogP contribution >= 0.6 is 0 Å². The second kappa shape index (κ2) is 5.26. The van der Waals surface area contributed by atoms with Gasteiger partial charge in [0.25, 0.3) is 0 Å². The fourth-order valence-corrected chi connectivity index (χ4v) is 3.15. The van der Waals surface area contributed by atoms with Gasteiger partial charge in [0.2, 0.25) is 5.89 Å². The summed E-state index contributed by atoms with van der Waals surface area (Å²) < 4.78 is 5.47. The Balaban J connectivity index is 1.50. The second-order valence-electron chi connectivity index (χ2n) is 6.29. The maximum Gasteiger partial charge on any atom is 0.227 e. The fourth-order valence-electron chi connectivity index (χ4n) is 3.15. The Hall–Kier alpha value is -1.68. The number of hydrogen-bond donors (Lipinski definition) is 1. The molecule has 0 spiro atoms. The molecule has 2 aromatic rings. The first-order valence-corrected chi connectivity index (χ1v) is 7.99. The van der Waals surface area contributed by atoms with E-state index in [4.69, 9.17) is 4.52 Å². The van der Waals surface area contributed by atoms with Crippen LogP contribution in [0.2, 0.25) is 0 Å². The maximum absolute atomic E-state index is 5.47. The van der Waals surface area contributed by atoms with Crippen molar-refractivity contribution in [2.45, 2.75) is 50.0 Å². The summed E-state index contributed by atoms with van der Waals surface area (Å²) in [6.45, 7) is 0.935. The third kappa shape index (κ3) is 2.48. The third-order valence-electron chi connectivity index (χ3n) is 4.78. The van der Waals surface area contributed by atoms with Gasteiger partial charge in [-0.1, -0.05) is 41.9 Å². The summed E-state index contributed by atoms with van der Waals surface area (Å²) in [5, 5.41) is 7.77. The van der Waals surface area contributed by atoms with Crippen LogP contribution in [0.15, 0.2) is 34.9 Å². The molecular formula is C17H21N3O. The molecule has 1 aromatic heterocycles. The smallest absolute Gasteiger partial charge is 0.227 e. The van der Waals surface area contributed by atoms with Gasteiger partial charge < -0.3 is 9.84 Å². The van der Waals surface area contributed by atoms with Gasteiger partial charge in [-0.3, -0.25) is 0 Å². The molecule has 4 heteroatoms. The van der Waals surface area contributed by atoms with Gasteiger partial charge in [0.15, 0.2) is 5.82 Å². The van der Waals surface area contributed by atoms with E-state index in [1.54, 1.807) is 0 Å². The van der Waals surface area contributed by atoms with E-state index in [2.05, 4.69) is 45.8 Å². The molecule has 2 aliphatic rings. The van der Waals surface area contributed by atoms with Gasteiger partial charge in [0.05, 0.1) is 5.41 Å². The predicted octanol–water partition coefficient (Wildman–Crippen LogP) is 2.83. The zero-order chi connectivity index (χ0) is 14.1. The van der Waals surface area contributed by atoms with Gasteiger partial charge in [0, 0.05) is 19.0 Å². The number of aromatic nitrogens is 2. The molecule has 110 valence electrons. The van der Waals surface area contributed by atoms with Crippen LogP contribution in [0.5, 0.6) is 0 Å². The zero-order valence-corrected chi connectivity index (χ0v) is 12.2. The van der Waals surface area contributed by atoms with Gasteiger partial charge >= 0.3 is 0 Å². The molecule has 2 fully saturated rings. The van der Waals surface area contributed by atoms with Crippen molar-refractivity contribution in [1.82, 2.24) is 15.5 Å². The average molecular weight is 283 g/mol. The highest BCUT2D eigenvalue weighted by molar-refractivity contribution is 5.35. The molecule has 2 aliphatic carbocycles. The van der Waals surface area contributed by atoms with Crippen molar-refractivity contribution in [3.8, 4) is 0 Å². The topological polar surface area (TPSA) is 51.0 Å². The molecular weight excluding hydrogens is 262 g/mol. The summed E-state index contributed by atoms with van der Waals surface area (Å²) in [7, 11) is 0. The molecule has 1 aromatic carbocycles. The lowest BCUT2D eigenvalue weighted by atomic mass is 9.64. The van der Waals surface area contributed by atoms with E-state index in [0.717, 1.165) is 43.6 Å². The third-order valence-corrected chi connectivity index (χ3v) is 4.78. The number of benzene rings is 1. The fraction of sp³-hybridized carbons (Fsp3) is 0.529. The van der Waals surface area contributed by atoms with E-state index >= 15 is 0 Å². The van der Waals surface area contributed by atoms with Gasteiger partial charge in [0.1, 0.15) is 0 Å². The molecule has 1 N–H and O–H groups in total. The summed E-state index contributed by atoms with van der Waals surface area (Å²) >= 11 is 0. The SMILES string of the molecule is c1ccc(C2(c3noc(CCNC4CC4)n3)CCC2)cc1. The molecule has 0 atom stereocenters. The van der Waals surface area contributed by atoms with E-state index in [0.29, 0.717) is 0 Å². The van der Waals surface area contributed by atoms with E-state index < -0.39 is 0 Å². The Bertz CT molecular complexity index is 600. The first-order chi connectivity index (χ1) is 10.4. The van der Waals surface area contributed by atoms with Gasteiger partial charge in [-0.25, -0.2) is 0 Å². The van der Waals surface area contributed by atoms with Crippen molar-refractivity contribution in [3.05, 3.63) is 47.6 Å². The van der Waals surface area contributed by atoms with Crippen molar-refractivity contribution < 1.29 is 4.52 Å².